The molecule has 4 heteroatoms. The van der Waals surface area contributed by atoms with Crippen molar-refractivity contribution in [2.45, 2.75) is 45.5 Å². The van der Waals surface area contributed by atoms with Crippen LogP contribution in [-0.4, -0.2) is 33.8 Å². The number of amides is 1. The fraction of sp³-hybridized carbons (Fsp3) is 0.818. The molecule has 1 aliphatic rings. The Morgan fingerprint density at radius 1 is 1.40 bits per heavy atom. The van der Waals surface area contributed by atoms with Gasteiger partial charge in [-0.3, -0.25) is 9.59 Å². The summed E-state index contributed by atoms with van der Waals surface area (Å²) < 4.78 is 0. The minimum atomic E-state index is -0.291. The molecular formula is C11H19NO2S. The molecule has 15 heavy (non-hydrogen) atoms. The average Bonchev–Trinajstić information content (AvgIpc) is 2.52. The number of rotatable bonds is 3. The van der Waals surface area contributed by atoms with Gasteiger partial charge < -0.3 is 4.90 Å². The second-order valence-electron chi connectivity index (χ2n) is 4.24. The van der Waals surface area contributed by atoms with E-state index in [2.05, 4.69) is 6.92 Å². The molecule has 1 heterocycles. The van der Waals surface area contributed by atoms with E-state index in [0.29, 0.717) is 5.92 Å². The molecule has 0 spiro atoms. The third kappa shape index (κ3) is 2.74. The summed E-state index contributed by atoms with van der Waals surface area (Å²) in [6.45, 7) is 7.05. The van der Waals surface area contributed by atoms with Crippen LogP contribution in [0, 0.1) is 5.92 Å². The lowest BCUT2D eigenvalue weighted by Crippen LogP contribution is -2.47. The van der Waals surface area contributed by atoms with Gasteiger partial charge in [0.15, 0.2) is 5.78 Å². The summed E-state index contributed by atoms with van der Waals surface area (Å²) in [4.78, 5) is 24.7. The van der Waals surface area contributed by atoms with E-state index in [-0.39, 0.29) is 23.1 Å². The summed E-state index contributed by atoms with van der Waals surface area (Å²) in [5.41, 5.74) is 0. The van der Waals surface area contributed by atoms with E-state index in [4.69, 9.17) is 0 Å². The van der Waals surface area contributed by atoms with Crippen molar-refractivity contribution < 1.29 is 9.59 Å². The van der Waals surface area contributed by atoms with E-state index in [1.54, 1.807) is 30.5 Å². The highest BCUT2D eigenvalue weighted by Crippen LogP contribution is 2.35. The zero-order valence-electron chi connectivity index (χ0n) is 9.82. The van der Waals surface area contributed by atoms with Crippen molar-refractivity contribution in [1.29, 1.82) is 0 Å². The molecule has 0 aromatic carbocycles. The van der Waals surface area contributed by atoms with Crippen LogP contribution in [0.25, 0.3) is 0 Å². The predicted octanol–water partition coefficient (Wildman–Crippen LogP) is 1.91. The van der Waals surface area contributed by atoms with Crippen LogP contribution in [0.5, 0.6) is 0 Å². The molecule has 0 N–H and O–H groups in total. The Labute approximate surface area is 95.6 Å². The van der Waals surface area contributed by atoms with Gasteiger partial charge in [0, 0.05) is 6.92 Å². The van der Waals surface area contributed by atoms with Gasteiger partial charge in [0.1, 0.15) is 0 Å². The fourth-order valence-electron chi connectivity index (χ4n) is 1.90. The Kier molecular flexibility index (Phi) is 4.20. The van der Waals surface area contributed by atoms with E-state index in [0.717, 1.165) is 12.2 Å². The van der Waals surface area contributed by atoms with Gasteiger partial charge in [-0.1, -0.05) is 6.92 Å². The molecular weight excluding hydrogens is 210 g/mol. The number of thioether (sulfide) groups is 1. The normalized spacial score (nSPS) is 27.5. The first-order chi connectivity index (χ1) is 6.95. The highest BCUT2D eigenvalue weighted by Gasteiger charge is 2.35. The summed E-state index contributed by atoms with van der Waals surface area (Å²) in [5.74, 6) is 1.63. The molecule has 1 saturated heterocycles. The standard InChI is InChI=1S/C11H19NO2S/c1-7-5-6-15-11(7)12(10(4)14)8(2)9(3)13/h7-8,11H,5-6H2,1-4H3. The van der Waals surface area contributed by atoms with Crippen molar-refractivity contribution >= 4 is 23.5 Å². The molecule has 86 valence electrons. The molecule has 3 atom stereocenters. The predicted molar refractivity (Wildman–Crippen MR) is 62.7 cm³/mol. The lowest BCUT2D eigenvalue weighted by atomic mass is 10.1. The minimum Gasteiger partial charge on any atom is -0.321 e. The molecule has 0 radical (unpaired) electrons. The Balaban J connectivity index is 2.82. The molecule has 0 saturated carbocycles. The molecule has 0 aromatic heterocycles. The minimum absolute atomic E-state index is 0.00366. The third-order valence-corrected chi connectivity index (χ3v) is 4.50. The third-order valence-electron chi connectivity index (χ3n) is 2.99. The monoisotopic (exact) mass is 229 g/mol. The Bertz CT molecular complexity index is 267. The fourth-order valence-corrected chi connectivity index (χ4v) is 3.61. The number of ketones is 1. The van der Waals surface area contributed by atoms with Gasteiger partial charge >= 0.3 is 0 Å². The molecule has 1 rings (SSSR count). The smallest absolute Gasteiger partial charge is 0.220 e. The summed E-state index contributed by atoms with van der Waals surface area (Å²) >= 11 is 1.79. The van der Waals surface area contributed by atoms with Gasteiger partial charge in [0.25, 0.3) is 0 Å². The molecule has 1 aliphatic heterocycles. The molecule has 0 aromatic rings. The maximum atomic E-state index is 11.6. The summed E-state index contributed by atoms with van der Waals surface area (Å²) in [5, 5.41) is 0.182. The number of nitrogens with zero attached hydrogens (tertiary/aromatic N) is 1. The van der Waals surface area contributed by atoms with Crippen molar-refractivity contribution in [2.24, 2.45) is 5.92 Å². The molecule has 1 amide bonds. The van der Waals surface area contributed by atoms with E-state index < -0.39 is 0 Å². The highest BCUT2D eigenvalue weighted by atomic mass is 32.2. The van der Waals surface area contributed by atoms with Gasteiger partial charge in [-0.25, -0.2) is 0 Å². The van der Waals surface area contributed by atoms with E-state index in [1.807, 2.05) is 6.92 Å². The summed E-state index contributed by atoms with van der Waals surface area (Å²) in [6.07, 6.45) is 1.13. The number of carbonyl (C=O) groups excluding carboxylic acids is 2. The lowest BCUT2D eigenvalue weighted by molar-refractivity contribution is -0.138. The first-order valence-electron chi connectivity index (χ1n) is 5.36. The second-order valence-corrected chi connectivity index (χ2v) is 5.46. The van der Waals surface area contributed by atoms with Gasteiger partial charge in [0.2, 0.25) is 5.91 Å². The first kappa shape index (κ1) is 12.6. The molecule has 3 nitrogen and oxygen atoms in total. The maximum Gasteiger partial charge on any atom is 0.220 e. The van der Waals surface area contributed by atoms with Gasteiger partial charge in [-0.05, 0) is 31.9 Å². The second kappa shape index (κ2) is 5.01. The van der Waals surface area contributed by atoms with E-state index >= 15 is 0 Å². The number of Topliss-reactive ketones (excluding diaryl/α,β-unsaturated/α-hetero) is 1. The Morgan fingerprint density at radius 2 is 2.00 bits per heavy atom. The van der Waals surface area contributed by atoms with Gasteiger partial charge in [-0.2, -0.15) is 0 Å². The molecule has 0 bridgehead atoms. The van der Waals surface area contributed by atoms with E-state index in [1.165, 1.54) is 0 Å². The summed E-state index contributed by atoms with van der Waals surface area (Å²) in [6, 6.07) is -0.291. The highest BCUT2D eigenvalue weighted by molar-refractivity contribution is 8.00. The molecule has 1 fully saturated rings. The topological polar surface area (TPSA) is 37.4 Å². The number of carbonyl (C=O) groups is 2. The Hall–Kier alpha value is -0.510. The molecule has 0 aliphatic carbocycles. The maximum absolute atomic E-state index is 11.6. The van der Waals surface area contributed by atoms with Crippen molar-refractivity contribution in [3.8, 4) is 0 Å². The zero-order valence-corrected chi connectivity index (χ0v) is 10.6. The van der Waals surface area contributed by atoms with Gasteiger partial charge in [-0.15, -0.1) is 11.8 Å². The quantitative estimate of drug-likeness (QED) is 0.742. The zero-order chi connectivity index (χ0) is 11.6. The average molecular weight is 229 g/mol. The van der Waals surface area contributed by atoms with Crippen molar-refractivity contribution in [3.05, 3.63) is 0 Å². The van der Waals surface area contributed by atoms with Crippen LogP contribution >= 0.6 is 11.8 Å². The number of hydrogen-bond donors (Lipinski definition) is 0. The van der Waals surface area contributed by atoms with Crippen LogP contribution in [0.3, 0.4) is 0 Å². The first-order valence-corrected chi connectivity index (χ1v) is 6.41. The van der Waals surface area contributed by atoms with Gasteiger partial charge in [0.05, 0.1) is 11.4 Å². The largest absolute Gasteiger partial charge is 0.321 e. The SMILES string of the molecule is CC(=O)C(C)N(C(C)=O)C1SCCC1C. The van der Waals surface area contributed by atoms with Crippen LogP contribution in [-0.2, 0) is 9.59 Å². The van der Waals surface area contributed by atoms with Crippen LogP contribution in [0.15, 0.2) is 0 Å². The van der Waals surface area contributed by atoms with E-state index in [9.17, 15) is 9.59 Å². The van der Waals surface area contributed by atoms with Crippen LogP contribution in [0.2, 0.25) is 0 Å². The summed E-state index contributed by atoms with van der Waals surface area (Å²) in [7, 11) is 0. The van der Waals surface area contributed by atoms with Crippen molar-refractivity contribution in [1.82, 2.24) is 4.90 Å². The van der Waals surface area contributed by atoms with Crippen LogP contribution < -0.4 is 0 Å². The Morgan fingerprint density at radius 3 is 2.33 bits per heavy atom. The lowest BCUT2D eigenvalue weighted by Gasteiger charge is -2.34. The molecule has 3 unspecified atom stereocenters. The van der Waals surface area contributed by atoms with Crippen molar-refractivity contribution in [3.63, 3.8) is 0 Å². The van der Waals surface area contributed by atoms with Crippen molar-refractivity contribution in [2.75, 3.05) is 5.75 Å². The van der Waals surface area contributed by atoms with Crippen LogP contribution in [0.4, 0.5) is 0 Å². The van der Waals surface area contributed by atoms with Crippen LogP contribution in [0.1, 0.15) is 34.1 Å². The number of hydrogen-bond acceptors (Lipinski definition) is 3.